The fourth-order valence-electron chi connectivity index (χ4n) is 1.35. The quantitative estimate of drug-likeness (QED) is 0.583. The van der Waals surface area contributed by atoms with Crippen LogP contribution in [0.15, 0.2) is 23.4 Å². The third-order valence-electron chi connectivity index (χ3n) is 2.24. The van der Waals surface area contributed by atoms with Crippen LogP contribution in [0.4, 0.5) is 0 Å². The number of amides is 1. The van der Waals surface area contributed by atoms with E-state index >= 15 is 0 Å². The molecule has 0 aliphatic carbocycles. The van der Waals surface area contributed by atoms with Crippen LogP contribution in [0, 0.1) is 0 Å². The number of methoxy groups -OCH3 is 1. The van der Waals surface area contributed by atoms with Gasteiger partial charge >= 0.3 is 11.9 Å². The minimum absolute atomic E-state index is 0.0515. The molecule has 0 saturated heterocycles. The standard InChI is InChI=1S/C12H14N2O5S/c1-7(15)14-9(11(16)17)6-20-10-8(12(18)19-2)4-3-5-13-10/h3-5,9H,6H2,1-2H3,(H,14,15)(H,16,17). The molecule has 1 aromatic rings. The number of carboxylic acid groups (broad SMARTS) is 1. The molecular weight excluding hydrogens is 284 g/mol. The Labute approximate surface area is 119 Å². The lowest BCUT2D eigenvalue weighted by Gasteiger charge is -2.13. The third-order valence-corrected chi connectivity index (χ3v) is 3.34. The number of aromatic nitrogens is 1. The van der Waals surface area contributed by atoms with Crippen LogP contribution < -0.4 is 5.32 Å². The summed E-state index contributed by atoms with van der Waals surface area (Å²) in [5, 5.41) is 11.7. The maximum atomic E-state index is 11.5. The molecule has 0 aliphatic rings. The number of nitrogens with zero attached hydrogens (tertiary/aromatic N) is 1. The molecule has 1 aromatic heterocycles. The number of pyridine rings is 1. The minimum Gasteiger partial charge on any atom is -0.480 e. The zero-order chi connectivity index (χ0) is 15.1. The van der Waals surface area contributed by atoms with E-state index in [0.717, 1.165) is 11.8 Å². The van der Waals surface area contributed by atoms with Crippen molar-refractivity contribution in [2.45, 2.75) is 18.0 Å². The van der Waals surface area contributed by atoms with Crippen LogP contribution in [0.2, 0.25) is 0 Å². The summed E-state index contributed by atoms with van der Waals surface area (Å²) in [6, 6.07) is 2.07. The van der Waals surface area contributed by atoms with Crippen molar-refractivity contribution in [1.29, 1.82) is 0 Å². The molecule has 0 radical (unpaired) electrons. The Morgan fingerprint density at radius 2 is 2.20 bits per heavy atom. The summed E-state index contributed by atoms with van der Waals surface area (Å²) >= 11 is 1.06. The van der Waals surface area contributed by atoms with Gasteiger partial charge in [-0.25, -0.2) is 14.6 Å². The minimum atomic E-state index is -1.15. The summed E-state index contributed by atoms with van der Waals surface area (Å²) in [7, 11) is 1.25. The summed E-state index contributed by atoms with van der Waals surface area (Å²) < 4.78 is 4.62. The van der Waals surface area contributed by atoms with Crippen LogP contribution in [0.5, 0.6) is 0 Å². The fourth-order valence-corrected chi connectivity index (χ4v) is 2.35. The van der Waals surface area contributed by atoms with Crippen LogP contribution in [-0.4, -0.2) is 46.8 Å². The largest absolute Gasteiger partial charge is 0.480 e. The molecule has 1 unspecified atom stereocenters. The number of nitrogens with one attached hydrogen (secondary N) is 1. The normalized spacial score (nSPS) is 11.5. The van der Waals surface area contributed by atoms with Gasteiger partial charge in [0.25, 0.3) is 0 Å². The first-order valence-corrected chi connectivity index (χ1v) is 6.60. The van der Waals surface area contributed by atoms with Gasteiger partial charge in [0.1, 0.15) is 11.1 Å². The number of thioether (sulfide) groups is 1. The molecule has 2 N–H and O–H groups in total. The summed E-state index contributed by atoms with van der Waals surface area (Å²) in [4.78, 5) is 37.5. The number of rotatable bonds is 6. The van der Waals surface area contributed by atoms with Crippen molar-refractivity contribution in [3.63, 3.8) is 0 Å². The molecule has 1 heterocycles. The van der Waals surface area contributed by atoms with Crippen molar-refractivity contribution < 1.29 is 24.2 Å². The highest BCUT2D eigenvalue weighted by Gasteiger charge is 2.21. The fraction of sp³-hybridized carbons (Fsp3) is 0.333. The van der Waals surface area contributed by atoms with Gasteiger partial charge in [-0.3, -0.25) is 4.79 Å². The van der Waals surface area contributed by atoms with Crippen LogP contribution in [0.25, 0.3) is 0 Å². The van der Waals surface area contributed by atoms with E-state index in [1.165, 1.54) is 26.3 Å². The number of carboxylic acids is 1. The molecule has 0 spiro atoms. The van der Waals surface area contributed by atoms with Gasteiger partial charge in [-0.05, 0) is 12.1 Å². The van der Waals surface area contributed by atoms with Crippen molar-refractivity contribution in [1.82, 2.24) is 10.3 Å². The second-order valence-corrected chi connectivity index (χ2v) is 4.76. The second kappa shape index (κ2) is 7.49. The van der Waals surface area contributed by atoms with Crippen molar-refractivity contribution in [3.8, 4) is 0 Å². The number of carbonyl (C=O) groups is 3. The number of hydrogen-bond donors (Lipinski definition) is 2. The van der Waals surface area contributed by atoms with E-state index in [4.69, 9.17) is 5.11 Å². The van der Waals surface area contributed by atoms with Crippen molar-refractivity contribution in [3.05, 3.63) is 23.9 Å². The first-order valence-electron chi connectivity index (χ1n) is 5.61. The number of aliphatic carboxylic acids is 1. The first kappa shape index (κ1) is 16.0. The summed E-state index contributed by atoms with van der Waals surface area (Å²) in [6.07, 6.45) is 1.49. The maximum Gasteiger partial charge on any atom is 0.340 e. The average Bonchev–Trinajstić information content (AvgIpc) is 2.42. The molecule has 8 heteroatoms. The predicted octanol–water partition coefficient (Wildman–Crippen LogP) is 0.550. The molecule has 108 valence electrons. The highest BCUT2D eigenvalue weighted by molar-refractivity contribution is 7.99. The average molecular weight is 298 g/mol. The van der Waals surface area contributed by atoms with Crippen LogP contribution in [-0.2, 0) is 14.3 Å². The van der Waals surface area contributed by atoms with Crippen molar-refractivity contribution >= 4 is 29.6 Å². The molecule has 0 saturated carbocycles. The van der Waals surface area contributed by atoms with Crippen LogP contribution >= 0.6 is 11.8 Å². The molecule has 0 bridgehead atoms. The van der Waals surface area contributed by atoms with Gasteiger partial charge in [0.15, 0.2) is 0 Å². The predicted molar refractivity (Wildman–Crippen MR) is 71.5 cm³/mol. The third kappa shape index (κ3) is 4.54. The van der Waals surface area contributed by atoms with E-state index in [0.29, 0.717) is 5.03 Å². The smallest absolute Gasteiger partial charge is 0.340 e. The van der Waals surface area contributed by atoms with Gasteiger partial charge in [-0.15, -0.1) is 11.8 Å². The highest BCUT2D eigenvalue weighted by atomic mass is 32.2. The second-order valence-electron chi connectivity index (χ2n) is 3.75. The van der Waals surface area contributed by atoms with Gasteiger partial charge in [0.05, 0.1) is 12.7 Å². The number of hydrogen-bond acceptors (Lipinski definition) is 6. The summed E-state index contributed by atoms with van der Waals surface area (Å²) in [6.45, 7) is 1.24. The Balaban J connectivity index is 2.80. The van der Waals surface area contributed by atoms with Gasteiger partial charge in [-0.1, -0.05) is 0 Å². The first-order chi connectivity index (χ1) is 9.45. The Morgan fingerprint density at radius 3 is 2.75 bits per heavy atom. The molecule has 7 nitrogen and oxygen atoms in total. The van der Waals surface area contributed by atoms with Gasteiger partial charge < -0.3 is 15.2 Å². The Kier molecular flexibility index (Phi) is 5.98. The molecule has 1 amide bonds. The summed E-state index contributed by atoms with van der Waals surface area (Å²) in [5.41, 5.74) is 0.256. The van der Waals surface area contributed by atoms with Crippen LogP contribution in [0.3, 0.4) is 0 Å². The lowest BCUT2D eigenvalue weighted by molar-refractivity contribution is -0.140. The monoisotopic (exact) mass is 298 g/mol. The Morgan fingerprint density at radius 1 is 1.50 bits per heavy atom. The number of esters is 1. The summed E-state index contributed by atoms with van der Waals surface area (Å²) in [5.74, 6) is -2.09. The topological polar surface area (TPSA) is 106 Å². The Bertz CT molecular complexity index is 520. The molecule has 1 rings (SSSR count). The lowest BCUT2D eigenvalue weighted by atomic mass is 10.3. The maximum absolute atomic E-state index is 11.5. The zero-order valence-corrected chi connectivity index (χ0v) is 11.8. The lowest BCUT2D eigenvalue weighted by Crippen LogP contribution is -2.41. The van der Waals surface area contributed by atoms with E-state index < -0.39 is 23.9 Å². The van der Waals surface area contributed by atoms with E-state index in [-0.39, 0.29) is 11.3 Å². The molecule has 0 aromatic carbocycles. The van der Waals surface area contributed by atoms with Gasteiger partial charge in [0.2, 0.25) is 5.91 Å². The van der Waals surface area contributed by atoms with Crippen molar-refractivity contribution in [2.24, 2.45) is 0 Å². The van der Waals surface area contributed by atoms with E-state index in [2.05, 4.69) is 15.0 Å². The van der Waals surface area contributed by atoms with Gasteiger partial charge in [0, 0.05) is 18.9 Å². The SMILES string of the molecule is COC(=O)c1cccnc1SCC(NC(C)=O)C(=O)O. The Hall–Kier alpha value is -2.09. The number of carbonyl (C=O) groups excluding carboxylic acids is 2. The molecule has 0 fully saturated rings. The molecule has 20 heavy (non-hydrogen) atoms. The highest BCUT2D eigenvalue weighted by Crippen LogP contribution is 2.21. The van der Waals surface area contributed by atoms with Crippen LogP contribution in [0.1, 0.15) is 17.3 Å². The van der Waals surface area contributed by atoms with E-state index in [9.17, 15) is 14.4 Å². The zero-order valence-electron chi connectivity index (χ0n) is 11.0. The molecule has 1 atom stereocenters. The van der Waals surface area contributed by atoms with E-state index in [1.807, 2.05) is 0 Å². The van der Waals surface area contributed by atoms with Crippen molar-refractivity contribution in [2.75, 3.05) is 12.9 Å². The molecular formula is C12H14N2O5S. The van der Waals surface area contributed by atoms with Gasteiger partial charge in [-0.2, -0.15) is 0 Å². The molecule has 0 aliphatic heterocycles. The number of ether oxygens (including phenoxy) is 1. The van der Waals surface area contributed by atoms with E-state index in [1.54, 1.807) is 6.07 Å².